The third kappa shape index (κ3) is 1.81. The highest BCUT2D eigenvalue weighted by Crippen LogP contribution is 2.36. The molecule has 18 heavy (non-hydrogen) atoms. The summed E-state index contributed by atoms with van der Waals surface area (Å²) in [7, 11) is 0. The summed E-state index contributed by atoms with van der Waals surface area (Å²) in [6.07, 6.45) is -0.667. The maximum atomic E-state index is 11.1. The molecule has 1 unspecified atom stereocenters. The molecule has 7 heteroatoms. The maximum Gasteiger partial charge on any atom is 0.250 e. The van der Waals surface area contributed by atoms with E-state index in [1.807, 2.05) is 0 Å². The van der Waals surface area contributed by atoms with Crippen molar-refractivity contribution in [2.75, 3.05) is 6.61 Å². The van der Waals surface area contributed by atoms with Crippen LogP contribution in [-0.4, -0.2) is 56.8 Å². The first-order valence-corrected chi connectivity index (χ1v) is 5.52. The molecule has 1 amide bonds. The molecular weight excluding hydrogens is 240 g/mol. The molecule has 1 fully saturated rings. The van der Waals surface area contributed by atoms with Crippen molar-refractivity contribution in [1.29, 1.82) is 0 Å². The summed E-state index contributed by atoms with van der Waals surface area (Å²) in [5.41, 5.74) is -1.30. The Morgan fingerprint density at radius 3 is 2.78 bits per heavy atom. The van der Waals surface area contributed by atoms with Gasteiger partial charge in [-0.3, -0.25) is 4.79 Å². The lowest BCUT2D eigenvalue weighted by Crippen LogP contribution is -2.55. The van der Waals surface area contributed by atoms with E-state index in [-0.39, 0.29) is 11.7 Å². The van der Waals surface area contributed by atoms with Gasteiger partial charge in [-0.1, -0.05) is 6.58 Å². The summed E-state index contributed by atoms with van der Waals surface area (Å²) in [5.74, 6) is -0.0959. The number of amides is 1. The SMILES string of the molecule is C=C1NC(=O)C=CN1[C@]1(C)O[C@H](CO)C(O)[C@@H]1O. The van der Waals surface area contributed by atoms with Crippen LogP contribution >= 0.6 is 0 Å². The van der Waals surface area contributed by atoms with Crippen LogP contribution < -0.4 is 5.32 Å². The van der Waals surface area contributed by atoms with Gasteiger partial charge >= 0.3 is 0 Å². The molecule has 4 atom stereocenters. The first-order valence-electron chi connectivity index (χ1n) is 5.52. The van der Waals surface area contributed by atoms with E-state index in [0.717, 1.165) is 0 Å². The number of aliphatic hydroxyl groups is 3. The van der Waals surface area contributed by atoms with Crippen molar-refractivity contribution < 1.29 is 24.9 Å². The van der Waals surface area contributed by atoms with E-state index in [9.17, 15) is 15.0 Å². The van der Waals surface area contributed by atoms with Gasteiger partial charge in [0.15, 0.2) is 5.72 Å². The summed E-state index contributed by atoms with van der Waals surface area (Å²) in [6.45, 7) is 4.79. The molecule has 0 aromatic carbocycles. The summed E-state index contributed by atoms with van der Waals surface area (Å²) >= 11 is 0. The summed E-state index contributed by atoms with van der Waals surface area (Å²) in [5, 5.41) is 31.3. The van der Waals surface area contributed by atoms with Crippen molar-refractivity contribution in [3.05, 3.63) is 24.7 Å². The van der Waals surface area contributed by atoms with E-state index in [1.54, 1.807) is 6.92 Å². The highest BCUT2D eigenvalue weighted by Gasteiger charge is 2.54. The van der Waals surface area contributed by atoms with Crippen LogP contribution in [0.1, 0.15) is 6.92 Å². The van der Waals surface area contributed by atoms with Crippen molar-refractivity contribution in [3.8, 4) is 0 Å². The fraction of sp³-hybridized carbons (Fsp3) is 0.545. The topological polar surface area (TPSA) is 102 Å². The minimum Gasteiger partial charge on any atom is -0.394 e. The smallest absolute Gasteiger partial charge is 0.250 e. The number of aliphatic hydroxyl groups excluding tert-OH is 3. The number of carbonyl (C=O) groups is 1. The first-order chi connectivity index (χ1) is 8.40. The van der Waals surface area contributed by atoms with Crippen LogP contribution in [0.15, 0.2) is 24.7 Å². The standard InChI is InChI=1S/C11H16N2O5/c1-6-12-8(15)3-4-13(6)11(2)10(17)9(16)7(5-14)18-11/h3-4,7,9-10,14,16-17H,1,5H2,2H3,(H,12,15)/t7-,9?,10+,11-/m1/s1. The molecule has 100 valence electrons. The number of hydrogen-bond donors (Lipinski definition) is 4. The molecule has 2 aliphatic heterocycles. The minimum absolute atomic E-state index is 0.231. The third-order valence-electron chi connectivity index (χ3n) is 3.23. The summed E-state index contributed by atoms with van der Waals surface area (Å²) in [6, 6.07) is 0. The fourth-order valence-electron chi connectivity index (χ4n) is 2.20. The van der Waals surface area contributed by atoms with Crippen molar-refractivity contribution >= 4 is 5.91 Å². The van der Waals surface area contributed by atoms with Gasteiger partial charge in [0.25, 0.3) is 5.91 Å². The molecule has 0 spiro atoms. The molecule has 2 aliphatic rings. The number of hydrogen-bond acceptors (Lipinski definition) is 6. The van der Waals surface area contributed by atoms with Gasteiger partial charge in [0, 0.05) is 12.3 Å². The molecule has 0 radical (unpaired) electrons. The number of ether oxygens (including phenoxy) is 1. The van der Waals surface area contributed by atoms with Gasteiger partial charge in [-0.25, -0.2) is 0 Å². The summed E-state index contributed by atoms with van der Waals surface area (Å²) in [4.78, 5) is 12.5. The molecule has 1 saturated heterocycles. The average Bonchev–Trinajstić information content (AvgIpc) is 2.54. The number of rotatable bonds is 2. The molecule has 2 heterocycles. The third-order valence-corrected chi connectivity index (χ3v) is 3.23. The van der Waals surface area contributed by atoms with Gasteiger partial charge < -0.3 is 30.3 Å². The second-order valence-electron chi connectivity index (χ2n) is 4.45. The van der Waals surface area contributed by atoms with E-state index in [1.165, 1.54) is 17.2 Å². The monoisotopic (exact) mass is 256 g/mol. The highest BCUT2D eigenvalue weighted by atomic mass is 16.6. The van der Waals surface area contributed by atoms with E-state index in [0.29, 0.717) is 0 Å². The Bertz CT molecular complexity index is 410. The Morgan fingerprint density at radius 2 is 2.28 bits per heavy atom. The largest absolute Gasteiger partial charge is 0.394 e. The van der Waals surface area contributed by atoms with Crippen LogP contribution in [0, 0.1) is 0 Å². The molecule has 0 aromatic heterocycles. The molecule has 7 nitrogen and oxygen atoms in total. The lowest BCUT2D eigenvalue weighted by molar-refractivity contribution is -0.152. The Hall–Kier alpha value is -1.41. The van der Waals surface area contributed by atoms with Gasteiger partial charge in [-0.05, 0) is 6.92 Å². The number of nitrogens with zero attached hydrogens (tertiary/aromatic N) is 1. The van der Waals surface area contributed by atoms with Crippen LogP contribution in [0.5, 0.6) is 0 Å². The second-order valence-corrected chi connectivity index (χ2v) is 4.45. The molecule has 0 aromatic rings. The van der Waals surface area contributed by atoms with E-state index < -0.39 is 30.6 Å². The first kappa shape index (κ1) is 13.0. The van der Waals surface area contributed by atoms with Crippen molar-refractivity contribution in [1.82, 2.24) is 10.2 Å². The molecule has 0 aliphatic carbocycles. The summed E-state index contributed by atoms with van der Waals surface area (Å²) < 4.78 is 5.48. The van der Waals surface area contributed by atoms with Crippen LogP contribution in [0.25, 0.3) is 0 Å². The van der Waals surface area contributed by atoms with Gasteiger partial charge in [0.05, 0.1) is 6.61 Å². The van der Waals surface area contributed by atoms with Gasteiger partial charge in [-0.2, -0.15) is 0 Å². The molecular formula is C11H16N2O5. The Labute approximate surface area is 104 Å². The Morgan fingerprint density at radius 1 is 1.61 bits per heavy atom. The minimum atomic E-state index is -1.30. The maximum absolute atomic E-state index is 11.1. The quantitative estimate of drug-likeness (QED) is 0.466. The molecule has 4 N–H and O–H groups in total. The Balaban J connectivity index is 2.29. The van der Waals surface area contributed by atoms with Crippen LogP contribution in [0.4, 0.5) is 0 Å². The fourth-order valence-corrected chi connectivity index (χ4v) is 2.20. The van der Waals surface area contributed by atoms with E-state index in [2.05, 4.69) is 11.9 Å². The van der Waals surface area contributed by atoms with E-state index in [4.69, 9.17) is 9.84 Å². The van der Waals surface area contributed by atoms with Crippen LogP contribution in [0.2, 0.25) is 0 Å². The lowest BCUT2D eigenvalue weighted by atomic mass is 10.0. The van der Waals surface area contributed by atoms with E-state index >= 15 is 0 Å². The zero-order valence-corrected chi connectivity index (χ0v) is 9.91. The van der Waals surface area contributed by atoms with Crippen molar-refractivity contribution in [2.45, 2.75) is 31.0 Å². The Kier molecular flexibility index (Phi) is 3.16. The second kappa shape index (κ2) is 4.36. The molecule has 0 saturated carbocycles. The van der Waals surface area contributed by atoms with Crippen molar-refractivity contribution in [2.24, 2.45) is 0 Å². The lowest BCUT2D eigenvalue weighted by Gasteiger charge is -2.41. The zero-order valence-electron chi connectivity index (χ0n) is 9.91. The van der Waals surface area contributed by atoms with Crippen molar-refractivity contribution in [3.63, 3.8) is 0 Å². The predicted molar refractivity (Wildman–Crippen MR) is 60.6 cm³/mol. The van der Waals surface area contributed by atoms with Gasteiger partial charge in [0.1, 0.15) is 24.1 Å². The normalized spacial score (nSPS) is 40.2. The van der Waals surface area contributed by atoms with Gasteiger partial charge in [-0.15, -0.1) is 0 Å². The van der Waals surface area contributed by atoms with Crippen LogP contribution in [-0.2, 0) is 9.53 Å². The molecule has 0 bridgehead atoms. The van der Waals surface area contributed by atoms with Gasteiger partial charge in [0.2, 0.25) is 0 Å². The zero-order chi connectivity index (χ0) is 13.5. The molecule has 2 rings (SSSR count). The average molecular weight is 256 g/mol. The van der Waals surface area contributed by atoms with Crippen LogP contribution in [0.3, 0.4) is 0 Å². The number of carbonyl (C=O) groups excluding carboxylic acids is 1. The predicted octanol–water partition coefficient (Wildman–Crippen LogP) is -1.77. The highest BCUT2D eigenvalue weighted by molar-refractivity contribution is 5.89. The number of nitrogens with one attached hydrogen (secondary N) is 1.